The first-order chi connectivity index (χ1) is 19.2. The van der Waals surface area contributed by atoms with Crippen molar-refractivity contribution in [3.05, 3.63) is 17.2 Å². The highest BCUT2D eigenvalue weighted by molar-refractivity contribution is 6.00. The maximum absolute atomic E-state index is 12.2. The van der Waals surface area contributed by atoms with Gasteiger partial charge in [0.05, 0.1) is 24.9 Å². The highest BCUT2D eigenvalue weighted by Gasteiger charge is 2.35. The number of ketones is 1. The fourth-order valence-electron chi connectivity index (χ4n) is 4.23. The molecule has 4 atom stereocenters. The molecule has 0 bridgehead atoms. The van der Waals surface area contributed by atoms with Gasteiger partial charge in [-0.3, -0.25) is 4.79 Å². The second-order valence-electron chi connectivity index (χ2n) is 10.2. The molecule has 0 heterocycles. The van der Waals surface area contributed by atoms with Crippen molar-refractivity contribution in [2.75, 3.05) is 39.6 Å². The highest BCUT2D eigenvalue weighted by Crippen LogP contribution is 2.43. The second-order valence-corrected chi connectivity index (χ2v) is 10.2. The lowest BCUT2D eigenvalue weighted by Crippen LogP contribution is -2.45. The number of rotatable bonds is 24. The predicted molar refractivity (Wildman–Crippen MR) is 155 cm³/mol. The molecule has 1 aromatic carbocycles. The monoisotopic (exact) mass is 570 g/mol. The number of unbranched alkanes of at least 4 members (excludes halogenated alkanes) is 4. The molecule has 0 spiro atoms. The van der Waals surface area contributed by atoms with Crippen LogP contribution < -0.4 is 0 Å². The topological polar surface area (TPSA) is 124 Å². The number of phenolic OH excluding ortho intramolecular Hbond substituents is 3. The molecule has 0 saturated heterocycles. The van der Waals surface area contributed by atoms with Crippen molar-refractivity contribution in [2.24, 2.45) is 0 Å². The summed E-state index contributed by atoms with van der Waals surface area (Å²) in [5.74, 6) is -1.98. The number of carbonyl (C=O) groups is 1. The summed E-state index contributed by atoms with van der Waals surface area (Å²) >= 11 is 0. The molecule has 40 heavy (non-hydrogen) atoms. The van der Waals surface area contributed by atoms with E-state index in [4.69, 9.17) is 23.7 Å². The Morgan fingerprint density at radius 2 is 1.30 bits per heavy atom. The lowest BCUT2D eigenvalue weighted by molar-refractivity contribution is -0.177. The standard InChI is InChI=1S/C31H54O9/c1-7-11-15-36-20-26(29-25(34)19-24(33)28(22(5)32)30(29)35)40-27(21-37-16-12-8-2)31(39-18-14-10-4)23(6)38-17-13-9-3/h19,23,26-27,31,33-35H,7-18,20-21H2,1-6H3. The van der Waals surface area contributed by atoms with Crippen LogP contribution >= 0.6 is 0 Å². The Labute approximate surface area is 241 Å². The smallest absolute Gasteiger partial charge is 0.167 e. The van der Waals surface area contributed by atoms with Crippen LogP contribution in [0.4, 0.5) is 0 Å². The average Bonchev–Trinajstić information content (AvgIpc) is 2.90. The van der Waals surface area contributed by atoms with Gasteiger partial charge in [-0.15, -0.1) is 0 Å². The van der Waals surface area contributed by atoms with Gasteiger partial charge in [-0.05, 0) is 39.5 Å². The average molecular weight is 571 g/mol. The summed E-state index contributed by atoms with van der Waals surface area (Å²) in [7, 11) is 0. The number of aromatic hydroxyl groups is 3. The van der Waals surface area contributed by atoms with Gasteiger partial charge in [0.25, 0.3) is 0 Å². The van der Waals surface area contributed by atoms with E-state index < -0.39 is 41.3 Å². The molecule has 0 saturated carbocycles. The van der Waals surface area contributed by atoms with Crippen LogP contribution in [0.25, 0.3) is 0 Å². The van der Waals surface area contributed by atoms with Crippen molar-refractivity contribution in [3.8, 4) is 17.2 Å². The molecule has 0 amide bonds. The summed E-state index contributed by atoms with van der Waals surface area (Å²) in [4.78, 5) is 12.2. The third-order valence-electron chi connectivity index (χ3n) is 6.66. The lowest BCUT2D eigenvalue weighted by atomic mass is 9.99. The van der Waals surface area contributed by atoms with Gasteiger partial charge in [-0.1, -0.05) is 53.4 Å². The largest absolute Gasteiger partial charge is 0.507 e. The van der Waals surface area contributed by atoms with E-state index in [1.165, 1.54) is 6.92 Å². The SMILES string of the molecule is CCCCOCC(OC(COCCCC)C(OCCCC)C(C)OCCCC)c1c(O)cc(O)c(C(C)=O)c1O. The molecule has 0 aromatic heterocycles. The molecule has 1 aromatic rings. The number of carbonyl (C=O) groups excluding carboxylic acids is 1. The molecule has 0 aliphatic heterocycles. The summed E-state index contributed by atoms with van der Waals surface area (Å²) in [5, 5.41) is 32.1. The third-order valence-corrected chi connectivity index (χ3v) is 6.66. The van der Waals surface area contributed by atoms with Gasteiger partial charge in [-0.25, -0.2) is 0 Å². The van der Waals surface area contributed by atoms with E-state index in [1.807, 2.05) is 6.92 Å². The van der Waals surface area contributed by atoms with Crippen LogP contribution in [0.1, 0.15) is 115 Å². The van der Waals surface area contributed by atoms with Crippen LogP contribution in [0.2, 0.25) is 0 Å². The van der Waals surface area contributed by atoms with E-state index in [1.54, 1.807) is 0 Å². The second kappa shape index (κ2) is 20.9. The van der Waals surface area contributed by atoms with Crippen molar-refractivity contribution in [2.45, 2.75) is 117 Å². The molecule has 3 N–H and O–H groups in total. The van der Waals surface area contributed by atoms with E-state index in [0.717, 1.165) is 57.4 Å². The minimum absolute atomic E-state index is 0.00144. The maximum atomic E-state index is 12.2. The first kappa shape index (κ1) is 36.1. The van der Waals surface area contributed by atoms with E-state index >= 15 is 0 Å². The Hall–Kier alpha value is -1.91. The number of hydrogen-bond donors (Lipinski definition) is 3. The molecular weight excluding hydrogens is 516 g/mol. The fourth-order valence-corrected chi connectivity index (χ4v) is 4.23. The molecule has 0 aliphatic carbocycles. The summed E-state index contributed by atoms with van der Waals surface area (Å²) in [6, 6.07) is 1.05. The van der Waals surface area contributed by atoms with Gasteiger partial charge in [-0.2, -0.15) is 0 Å². The van der Waals surface area contributed by atoms with E-state index in [2.05, 4.69) is 27.7 Å². The zero-order chi connectivity index (χ0) is 29.9. The molecule has 9 nitrogen and oxygen atoms in total. The molecule has 0 radical (unpaired) electrons. The summed E-state index contributed by atoms with van der Waals surface area (Å²) in [5.41, 5.74) is -0.303. The third kappa shape index (κ3) is 12.3. The molecule has 0 aliphatic rings. The van der Waals surface area contributed by atoms with Crippen molar-refractivity contribution in [3.63, 3.8) is 0 Å². The quantitative estimate of drug-likeness (QED) is 0.0949. The first-order valence-corrected chi connectivity index (χ1v) is 15.1. The minimum atomic E-state index is -0.976. The molecule has 9 heteroatoms. The first-order valence-electron chi connectivity index (χ1n) is 15.1. The van der Waals surface area contributed by atoms with Gasteiger partial charge in [0, 0.05) is 32.5 Å². The summed E-state index contributed by atoms with van der Waals surface area (Å²) < 4.78 is 30.9. The van der Waals surface area contributed by atoms with Crippen molar-refractivity contribution in [1.82, 2.24) is 0 Å². The van der Waals surface area contributed by atoms with Crippen molar-refractivity contribution < 1.29 is 43.8 Å². The molecular formula is C31H54O9. The van der Waals surface area contributed by atoms with Gasteiger partial charge in [0.1, 0.15) is 41.1 Å². The Bertz CT molecular complexity index is 830. The van der Waals surface area contributed by atoms with Crippen LogP contribution in [0, 0.1) is 0 Å². The summed E-state index contributed by atoms with van der Waals surface area (Å²) in [6.45, 7) is 13.8. The van der Waals surface area contributed by atoms with E-state index in [9.17, 15) is 20.1 Å². The van der Waals surface area contributed by atoms with Crippen LogP contribution in [0.3, 0.4) is 0 Å². The van der Waals surface area contributed by atoms with Crippen LogP contribution in [-0.2, 0) is 23.7 Å². The molecule has 232 valence electrons. The van der Waals surface area contributed by atoms with Gasteiger partial charge in [0.15, 0.2) is 5.78 Å². The van der Waals surface area contributed by atoms with Gasteiger partial charge < -0.3 is 39.0 Å². The van der Waals surface area contributed by atoms with Crippen molar-refractivity contribution >= 4 is 5.78 Å². The maximum Gasteiger partial charge on any atom is 0.167 e. The predicted octanol–water partition coefficient (Wildman–Crippen LogP) is 6.46. The Balaban J connectivity index is 3.48. The Kier molecular flexibility index (Phi) is 18.9. The number of hydrogen-bond acceptors (Lipinski definition) is 9. The van der Waals surface area contributed by atoms with E-state index in [0.29, 0.717) is 26.4 Å². The van der Waals surface area contributed by atoms with E-state index in [-0.39, 0.29) is 30.4 Å². The normalized spacial score (nSPS) is 14.7. The zero-order valence-corrected chi connectivity index (χ0v) is 25.6. The highest BCUT2D eigenvalue weighted by atomic mass is 16.6. The number of benzene rings is 1. The van der Waals surface area contributed by atoms with Gasteiger partial charge >= 0.3 is 0 Å². The molecule has 1 rings (SSSR count). The molecule has 0 fully saturated rings. The minimum Gasteiger partial charge on any atom is -0.507 e. The van der Waals surface area contributed by atoms with Gasteiger partial charge in [0.2, 0.25) is 0 Å². The van der Waals surface area contributed by atoms with Crippen LogP contribution in [-0.4, -0.2) is 79.1 Å². The zero-order valence-electron chi connectivity index (χ0n) is 25.6. The van der Waals surface area contributed by atoms with Crippen LogP contribution in [0.15, 0.2) is 6.07 Å². The number of ether oxygens (including phenoxy) is 5. The lowest BCUT2D eigenvalue weighted by Gasteiger charge is -2.35. The number of Topliss-reactive ketones (excluding diaryl/α,β-unsaturated/α-hetero) is 1. The van der Waals surface area contributed by atoms with Crippen molar-refractivity contribution in [1.29, 1.82) is 0 Å². The Morgan fingerprint density at radius 3 is 1.85 bits per heavy atom. The fraction of sp³-hybridized carbons (Fsp3) is 0.774. The summed E-state index contributed by atoms with van der Waals surface area (Å²) in [6.07, 6.45) is 4.95. The molecule has 4 unspecified atom stereocenters. The van der Waals surface area contributed by atoms with Crippen LogP contribution in [0.5, 0.6) is 17.2 Å². The Morgan fingerprint density at radius 1 is 0.775 bits per heavy atom. The number of phenols is 3.